The van der Waals surface area contributed by atoms with Gasteiger partial charge in [-0.25, -0.2) is 4.98 Å². The second-order valence-corrected chi connectivity index (χ2v) is 2.94. The monoisotopic (exact) mass is 238 g/mol. The molecule has 0 fully saturated rings. The van der Waals surface area contributed by atoms with Gasteiger partial charge in [-0.1, -0.05) is 46.3 Å². The first-order valence-electron chi connectivity index (χ1n) is 3.96. The van der Waals surface area contributed by atoms with Crippen molar-refractivity contribution in [2.24, 2.45) is 0 Å². The van der Waals surface area contributed by atoms with Gasteiger partial charge in [0.25, 0.3) is 0 Å². The third-order valence-corrected chi connectivity index (χ3v) is 2.05. The molecule has 1 heterocycles. The van der Waals surface area contributed by atoms with E-state index >= 15 is 0 Å². The number of alkyl halides is 1. The van der Waals surface area contributed by atoms with Crippen molar-refractivity contribution < 1.29 is 0 Å². The lowest BCUT2D eigenvalue weighted by Gasteiger charge is -1.88. The SMILES string of the molecule is BrCc1ccccc1.c1c[nH]cn1. The summed E-state index contributed by atoms with van der Waals surface area (Å²) >= 11 is 3.36. The van der Waals surface area contributed by atoms with E-state index in [4.69, 9.17) is 0 Å². The summed E-state index contributed by atoms with van der Waals surface area (Å²) in [5, 5.41) is 0.952. The summed E-state index contributed by atoms with van der Waals surface area (Å²) in [6.45, 7) is 0. The van der Waals surface area contributed by atoms with E-state index in [2.05, 4.69) is 38.0 Å². The van der Waals surface area contributed by atoms with E-state index in [0.717, 1.165) is 5.33 Å². The number of hydrogen-bond donors (Lipinski definition) is 1. The van der Waals surface area contributed by atoms with Crippen molar-refractivity contribution in [3.8, 4) is 0 Å². The smallest absolute Gasteiger partial charge is 0.0919 e. The van der Waals surface area contributed by atoms with E-state index in [1.54, 1.807) is 18.7 Å². The summed E-state index contributed by atoms with van der Waals surface area (Å²) in [4.78, 5) is 6.42. The van der Waals surface area contributed by atoms with Crippen molar-refractivity contribution in [3.05, 3.63) is 54.6 Å². The molecule has 0 spiro atoms. The summed E-state index contributed by atoms with van der Waals surface area (Å²) in [5.74, 6) is 0. The fourth-order valence-corrected chi connectivity index (χ4v) is 1.16. The second kappa shape index (κ2) is 6.43. The Bertz CT molecular complexity index is 275. The molecule has 2 aromatic rings. The molecule has 2 nitrogen and oxygen atoms in total. The van der Waals surface area contributed by atoms with E-state index in [-0.39, 0.29) is 0 Å². The van der Waals surface area contributed by atoms with Crippen LogP contribution in [0.25, 0.3) is 0 Å². The van der Waals surface area contributed by atoms with E-state index in [1.165, 1.54) is 5.56 Å². The Hall–Kier alpha value is -1.09. The summed E-state index contributed by atoms with van der Waals surface area (Å²) in [6.07, 6.45) is 5.08. The number of nitrogens with one attached hydrogen (secondary N) is 1. The van der Waals surface area contributed by atoms with Crippen LogP contribution in [0.15, 0.2) is 49.1 Å². The summed E-state index contributed by atoms with van der Waals surface area (Å²) in [6, 6.07) is 10.3. The van der Waals surface area contributed by atoms with Gasteiger partial charge in [0.2, 0.25) is 0 Å². The van der Waals surface area contributed by atoms with Crippen LogP contribution in [0, 0.1) is 0 Å². The van der Waals surface area contributed by atoms with Crippen molar-refractivity contribution in [3.63, 3.8) is 0 Å². The molecule has 0 atom stereocenters. The first-order chi connectivity index (χ1) is 6.43. The van der Waals surface area contributed by atoms with Crippen LogP contribution in [0.3, 0.4) is 0 Å². The molecule has 13 heavy (non-hydrogen) atoms. The second-order valence-electron chi connectivity index (χ2n) is 2.38. The molecule has 1 N–H and O–H groups in total. The van der Waals surface area contributed by atoms with Gasteiger partial charge in [-0.15, -0.1) is 0 Å². The highest BCUT2D eigenvalue weighted by Crippen LogP contribution is 2.02. The number of hydrogen-bond acceptors (Lipinski definition) is 1. The molecular formula is C10H11BrN2. The van der Waals surface area contributed by atoms with Crippen molar-refractivity contribution in [1.29, 1.82) is 0 Å². The minimum Gasteiger partial charge on any atom is -0.351 e. The fourth-order valence-electron chi connectivity index (χ4n) is 0.782. The molecular weight excluding hydrogens is 228 g/mol. The van der Waals surface area contributed by atoms with Gasteiger partial charge in [0.15, 0.2) is 0 Å². The lowest BCUT2D eigenvalue weighted by Crippen LogP contribution is -1.70. The molecule has 0 saturated carbocycles. The molecule has 1 aromatic carbocycles. The Morgan fingerprint density at radius 1 is 1.23 bits per heavy atom. The van der Waals surface area contributed by atoms with Gasteiger partial charge >= 0.3 is 0 Å². The fraction of sp³-hybridized carbons (Fsp3) is 0.100. The zero-order valence-corrected chi connectivity index (χ0v) is 8.74. The highest BCUT2D eigenvalue weighted by molar-refractivity contribution is 9.08. The van der Waals surface area contributed by atoms with Gasteiger partial charge < -0.3 is 4.98 Å². The molecule has 0 aliphatic rings. The van der Waals surface area contributed by atoms with E-state index in [9.17, 15) is 0 Å². The topological polar surface area (TPSA) is 28.7 Å². The average Bonchev–Trinajstić information content (AvgIpc) is 2.77. The van der Waals surface area contributed by atoms with E-state index in [0.29, 0.717) is 0 Å². The molecule has 1 aromatic heterocycles. The van der Waals surface area contributed by atoms with Gasteiger partial charge in [-0.3, -0.25) is 0 Å². The molecule has 3 heteroatoms. The van der Waals surface area contributed by atoms with Crippen LogP contribution in [0.1, 0.15) is 5.56 Å². The van der Waals surface area contributed by atoms with Crippen LogP contribution in [-0.2, 0) is 5.33 Å². The van der Waals surface area contributed by atoms with Crippen molar-refractivity contribution in [2.75, 3.05) is 0 Å². The molecule has 0 bridgehead atoms. The number of benzene rings is 1. The quantitative estimate of drug-likeness (QED) is 0.761. The van der Waals surface area contributed by atoms with Crippen molar-refractivity contribution in [2.45, 2.75) is 5.33 Å². The Balaban J connectivity index is 0.000000145. The highest BCUT2D eigenvalue weighted by Gasteiger charge is 1.81. The molecule has 0 aliphatic heterocycles. The standard InChI is InChI=1S/C7H7Br.C3H4N2/c8-6-7-4-2-1-3-5-7;1-2-5-3-4-1/h1-5H,6H2;1-3H,(H,4,5). The minimum atomic E-state index is 0.952. The normalized spacial score (nSPS) is 8.69. The van der Waals surface area contributed by atoms with Gasteiger partial charge in [-0.2, -0.15) is 0 Å². The number of aromatic nitrogens is 2. The lowest BCUT2D eigenvalue weighted by molar-refractivity contribution is 1.31. The third kappa shape index (κ3) is 4.48. The number of halogens is 1. The van der Waals surface area contributed by atoms with Crippen LogP contribution >= 0.6 is 15.9 Å². The number of aromatic amines is 1. The molecule has 2 rings (SSSR count). The maximum Gasteiger partial charge on any atom is 0.0919 e. The summed E-state index contributed by atoms with van der Waals surface area (Å²) in [5.41, 5.74) is 1.33. The van der Waals surface area contributed by atoms with Crippen molar-refractivity contribution >= 4 is 15.9 Å². The maximum atomic E-state index is 3.67. The predicted octanol–water partition coefficient (Wildman–Crippen LogP) is 2.99. The van der Waals surface area contributed by atoms with Gasteiger partial charge in [0.1, 0.15) is 0 Å². The summed E-state index contributed by atoms with van der Waals surface area (Å²) in [7, 11) is 0. The largest absolute Gasteiger partial charge is 0.351 e. The number of rotatable bonds is 1. The predicted molar refractivity (Wildman–Crippen MR) is 57.7 cm³/mol. The highest BCUT2D eigenvalue weighted by atomic mass is 79.9. The Kier molecular flexibility index (Phi) is 4.94. The van der Waals surface area contributed by atoms with Crippen LogP contribution in [0.4, 0.5) is 0 Å². The third-order valence-electron chi connectivity index (χ3n) is 1.40. The molecule has 0 radical (unpaired) electrons. The van der Waals surface area contributed by atoms with Gasteiger partial charge in [0.05, 0.1) is 6.33 Å². The molecule has 0 aliphatic carbocycles. The van der Waals surface area contributed by atoms with Crippen LogP contribution < -0.4 is 0 Å². The van der Waals surface area contributed by atoms with E-state index in [1.807, 2.05) is 18.2 Å². The lowest BCUT2D eigenvalue weighted by atomic mass is 10.2. The summed E-state index contributed by atoms with van der Waals surface area (Å²) < 4.78 is 0. The average molecular weight is 239 g/mol. The minimum absolute atomic E-state index is 0.952. The number of nitrogens with zero attached hydrogens (tertiary/aromatic N) is 1. The van der Waals surface area contributed by atoms with Crippen LogP contribution in [-0.4, -0.2) is 9.97 Å². The Morgan fingerprint density at radius 2 is 2.00 bits per heavy atom. The Labute approximate surface area is 86.2 Å². The zero-order valence-electron chi connectivity index (χ0n) is 7.15. The van der Waals surface area contributed by atoms with Crippen LogP contribution in [0.5, 0.6) is 0 Å². The first-order valence-corrected chi connectivity index (χ1v) is 5.08. The zero-order chi connectivity index (χ0) is 9.36. The molecule has 0 unspecified atom stereocenters. The van der Waals surface area contributed by atoms with Gasteiger partial charge in [0, 0.05) is 17.7 Å². The van der Waals surface area contributed by atoms with Gasteiger partial charge in [-0.05, 0) is 5.56 Å². The van der Waals surface area contributed by atoms with Crippen molar-refractivity contribution in [1.82, 2.24) is 9.97 Å². The number of imidazole rings is 1. The number of H-pyrrole nitrogens is 1. The molecule has 68 valence electrons. The molecule has 0 amide bonds. The maximum absolute atomic E-state index is 3.67. The molecule has 0 saturated heterocycles. The Morgan fingerprint density at radius 3 is 2.31 bits per heavy atom. The van der Waals surface area contributed by atoms with Crippen LogP contribution in [0.2, 0.25) is 0 Å². The van der Waals surface area contributed by atoms with E-state index < -0.39 is 0 Å². The first kappa shape index (κ1) is 9.99.